The summed E-state index contributed by atoms with van der Waals surface area (Å²) in [5.74, 6) is 2.81. The maximum Gasteiger partial charge on any atom is 0.151 e. The highest BCUT2D eigenvalue weighted by Gasteiger charge is 2.30. The lowest BCUT2D eigenvalue weighted by atomic mass is 10.1. The van der Waals surface area contributed by atoms with Crippen LogP contribution in [0, 0.1) is 5.92 Å². The molecule has 1 saturated heterocycles. The number of hydrogen-bond donors (Lipinski definition) is 3. The molecular weight excluding hydrogens is 358 g/mol. The number of β-amino-alcohol motifs (C(OH)–C–C–N with tert-alkyl or cyclic N) is 1. The Hall–Kier alpha value is -2.09. The van der Waals surface area contributed by atoms with Gasteiger partial charge >= 0.3 is 0 Å². The Labute approximate surface area is 163 Å². The number of rotatable bonds is 7. The molecule has 142 valence electrons. The normalized spacial score (nSPS) is 20.5. The van der Waals surface area contributed by atoms with Crippen LogP contribution < -0.4 is 5.73 Å². The van der Waals surface area contributed by atoms with Crippen LogP contribution in [0.25, 0.3) is 11.0 Å². The van der Waals surface area contributed by atoms with Crippen molar-refractivity contribution in [1.82, 2.24) is 19.9 Å². The lowest BCUT2D eigenvalue weighted by Gasteiger charge is -2.15. The van der Waals surface area contributed by atoms with E-state index in [9.17, 15) is 5.11 Å². The number of aromatic amines is 1. The molecule has 0 bridgehead atoms. The molecule has 27 heavy (non-hydrogen) atoms. The van der Waals surface area contributed by atoms with E-state index < -0.39 is 0 Å². The van der Waals surface area contributed by atoms with Crippen LogP contribution in [0.3, 0.4) is 0 Å². The number of likely N-dealkylation sites (tertiary alicyclic amines) is 1. The predicted molar refractivity (Wildman–Crippen MR) is 111 cm³/mol. The molecule has 1 aliphatic heterocycles. The Morgan fingerprint density at radius 3 is 2.93 bits per heavy atom. The largest absolute Gasteiger partial charge is 0.391 e. The number of H-pyrrole nitrogens is 1. The van der Waals surface area contributed by atoms with Crippen LogP contribution in [0.15, 0.2) is 42.9 Å². The predicted octanol–water partition coefficient (Wildman–Crippen LogP) is 2.31. The first-order valence-corrected chi connectivity index (χ1v) is 10.4. The first kappa shape index (κ1) is 18.3. The summed E-state index contributed by atoms with van der Waals surface area (Å²) in [6.45, 7) is 2.60. The van der Waals surface area contributed by atoms with Gasteiger partial charge < -0.3 is 20.7 Å². The van der Waals surface area contributed by atoms with Crippen molar-refractivity contribution in [2.45, 2.75) is 18.3 Å². The molecule has 0 spiro atoms. The highest BCUT2D eigenvalue weighted by atomic mass is 32.2. The summed E-state index contributed by atoms with van der Waals surface area (Å²) in [5.41, 5.74) is 10.1. The Kier molecular flexibility index (Phi) is 5.61. The molecule has 7 heteroatoms. The van der Waals surface area contributed by atoms with Crippen LogP contribution in [0.2, 0.25) is 0 Å². The average molecular weight is 384 g/mol. The Morgan fingerprint density at radius 2 is 2.07 bits per heavy atom. The van der Waals surface area contributed by atoms with Gasteiger partial charge in [-0.05, 0) is 17.5 Å². The molecule has 1 aromatic carbocycles. The lowest BCUT2D eigenvalue weighted by molar-refractivity contribution is 0.150. The monoisotopic (exact) mass is 383 g/mol. The minimum Gasteiger partial charge on any atom is -0.391 e. The van der Waals surface area contributed by atoms with Gasteiger partial charge in [0.15, 0.2) is 5.82 Å². The molecule has 0 amide bonds. The Bertz CT molecular complexity index is 884. The number of nitrogens with zero attached hydrogens (tertiary/aromatic N) is 3. The van der Waals surface area contributed by atoms with Gasteiger partial charge in [-0.2, -0.15) is 11.8 Å². The zero-order valence-electron chi connectivity index (χ0n) is 15.2. The van der Waals surface area contributed by atoms with Crippen LogP contribution in [-0.2, 0) is 12.2 Å². The van der Waals surface area contributed by atoms with Gasteiger partial charge in [-0.1, -0.05) is 30.3 Å². The SMILES string of the molecule is Nc1ncnc2c(CCN3C[C@H](CSCc4ccccc4)[C@@H](O)C3)c[nH]c12. The third-order valence-electron chi connectivity index (χ3n) is 5.19. The molecule has 4 N–H and O–H groups in total. The van der Waals surface area contributed by atoms with E-state index in [-0.39, 0.29) is 6.10 Å². The van der Waals surface area contributed by atoms with Crippen LogP contribution >= 0.6 is 11.8 Å². The van der Waals surface area contributed by atoms with Crippen LogP contribution in [0.1, 0.15) is 11.1 Å². The van der Waals surface area contributed by atoms with E-state index in [0.717, 1.165) is 54.2 Å². The van der Waals surface area contributed by atoms with E-state index in [1.807, 2.05) is 24.0 Å². The third-order valence-corrected chi connectivity index (χ3v) is 6.40. The topological polar surface area (TPSA) is 91.1 Å². The van der Waals surface area contributed by atoms with Crippen LogP contribution in [0.5, 0.6) is 0 Å². The van der Waals surface area contributed by atoms with Crippen molar-refractivity contribution in [3.05, 3.63) is 54.0 Å². The second kappa shape index (κ2) is 8.29. The van der Waals surface area contributed by atoms with E-state index in [1.165, 1.54) is 11.9 Å². The minimum absolute atomic E-state index is 0.241. The second-order valence-electron chi connectivity index (χ2n) is 7.13. The zero-order valence-corrected chi connectivity index (χ0v) is 16.0. The summed E-state index contributed by atoms with van der Waals surface area (Å²) < 4.78 is 0. The molecular formula is C20H25N5OS. The maximum atomic E-state index is 10.4. The number of anilines is 1. The highest BCUT2D eigenvalue weighted by molar-refractivity contribution is 7.98. The number of fused-ring (bicyclic) bond motifs is 1. The Morgan fingerprint density at radius 1 is 1.22 bits per heavy atom. The van der Waals surface area contributed by atoms with Crippen molar-refractivity contribution in [2.75, 3.05) is 31.1 Å². The van der Waals surface area contributed by atoms with E-state index in [2.05, 4.69) is 44.1 Å². The maximum absolute atomic E-state index is 10.4. The van der Waals surface area contributed by atoms with E-state index in [1.54, 1.807) is 0 Å². The van der Waals surface area contributed by atoms with Crippen LogP contribution in [0.4, 0.5) is 5.82 Å². The summed E-state index contributed by atoms with van der Waals surface area (Å²) in [4.78, 5) is 13.9. The van der Waals surface area contributed by atoms with Crippen molar-refractivity contribution in [3.63, 3.8) is 0 Å². The highest BCUT2D eigenvalue weighted by Crippen LogP contribution is 2.25. The van der Waals surface area contributed by atoms with Gasteiger partial charge in [0.1, 0.15) is 11.8 Å². The first-order valence-electron chi connectivity index (χ1n) is 9.29. The molecule has 2 atom stereocenters. The molecule has 0 saturated carbocycles. The summed E-state index contributed by atoms with van der Waals surface area (Å²) in [6.07, 6.45) is 4.12. The summed E-state index contributed by atoms with van der Waals surface area (Å²) in [7, 11) is 0. The molecule has 4 rings (SSSR count). The molecule has 6 nitrogen and oxygen atoms in total. The van der Waals surface area contributed by atoms with Gasteiger partial charge in [0.2, 0.25) is 0 Å². The molecule has 1 fully saturated rings. The minimum atomic E-state index is -0.241. The number of nitrogens with one attached hydrogen (secondary N) is 1. The van der Waals surface area contributed by atoms with Crippen molar-refractivity contribution < 1.29 is 5.11 Å². The second-order valence-corrected chi connectivity index (χ2v) is 8.16. The zero-order chi connectivity index (χ0) is 18.6. The van der Waals surface area contributed by atoms with E-state index in [4.69, 9.17) is 5.73 Å². The first-order chi connectivity index (χ1) is 13.2. The lowest BCUT2D eigenvalue weighted by Crippen LogP contribution is -2.24. The number of aliphatic hydroxyl groups is 1. The van der Waals surface area contributed by atoms with Crippen molar-refractivity contribution in [3.8, 4) is 0 Å². The molecule has 2 aromatic heterocycles. The summed E-state index contributed by atoms with van der Waals surface area (Å²) in [6, 6.07) is 10.5. The van der Waals surface area contributed by atoms with E-state index in [0.29, 0.717) is 11.7 Å². The van der Waals surface area contributed by atoms with Crippen LogP contribution in [-0.4, -0.2) is 56.4 Å². The third kappa shape index (κ3) is 4.26. The number of thioether (sulfide) groups is 1. The molecule has 0 radical (unpaired) electrons. The number of nitrogen functional groups attached to an aromatic ring is 1. The summed E-state index contributed by atoms with van der Waals surface area (Å²) in [5, 5.41) is 10.4. The quantitative estimate of drug-likeness (QED) is 0.580. The number of aromatic nitrogens is 3. The number of aliphatic hydroxyl groups excluding tert-OH is 1. The van der Waals surface area contributed by atoms with Gasteiger partial charge in [0.25, 0.3) is 0 Å². The molecule has 0 unspecified atom stereocenters. The fraction of sp³-hybridized carbons (Fsp3) is 0.400. The van der Waals surface area contributed by atoms with Gasteiger partial charge in [-0.3, -0.25) is 0 Å². The number of nitrogens with two attached hydrogens (primary N) is 1. The van der Waals surface area contributed by atoms with Gasteiger partial charge in [-0.25, -0.2) is 9.97 Å². The Balaban J connectivity index is 1.27. The van der Waals surface area contributed by atoms with Gasteiger partial charge in [0.05, 0.1) is 11.6 Å². The molecule has 0 aliphatic carbocycles. The summed E-state index contributed by atoms with van der Waals surface area (Å²) >= 11 is 1.91. The molecule has 3 aromatic rings. The van der Waals surface area contributed by atoms with Crippen molar-refractivity contribution in [1.29, 1.82) is 0 Å². The smallest absolute Gasteiger partial charge is 0.151 e. The fourth-order valence-corrected chi connectivity index (χ4v) is 4.85. The number of hydrogen-bond acceptors (Lipinski definition) is 6. The number of benzene rings is 1. The molecule has 3 heterocycles. The fourth-order valence-electron chi connectivity index (χ4n) is 3.67. The van der Waals surface area contributed by atoms with Crippen molar-refractivity contribution in [2.24, 2.45) is 5.92 Å². The van der Waals surface area contributed by atoms with Crippen molar-refractivity contribution >= 4 is 28.6 Å². The molecule has 1 aliphatic rings. The standard InChI is InChI=1S/C20H25N5OS/c21-20-19-18(23-13-24-20)15(8-22-19)6-7-25-9-16(17(26)10-25)12-27-11-14-4-2-1-3-5-14/h1-5,8,13,16-17,22,26H,6-7,9-12H2,(H2,21,23,24)/t16-,17+/m1/s1. The average Bonchev–Trinajstić information content (AvgIpc) is 3.25. The van der Waals surface area contributed by atoms with Gasteiger partial charge in [-0.15, -0.1) is 0 Å². The van der Waals surface area contributed by atoms with Gasteiger partial charge in [0, 0.05) is 43.3 Å². The van der Waals surface area contributed by atoms with E-state index >= 15 is 0 Å².